The molecule has 0 aromatic heterocycles. The number of alkyl halides is 2. The molecular formula is C23H27F2N3O5S. The van der Waals surface area contributed by atoms with Gasteiger partial charge in [-0.15, -0.1) is 0 Å². The second kappa shape index (κ2) is 11.3. The summed E-state index contributed by atoms with van der Waals surface area (Å²) in [7, 11) is -2.35. The first kappa shape index (κ1) is 25.4. The molecule has 1 amide bonds. The predicted molar refractivity (Wildman–Crippen MR) is 123 cm³/mol. The minimum Gasteiger partial charge on any atom is -0.493 e. The number of benzene rings is 2. The lowest BCUT2D eigenvalue weighted by atomic mass is 10.1. The number of sulfonamides is 1. The molecule has 2 aromatic rings. The fourth-order valence-corrected chi connectivity index (χ4v) is 4.79. The third-order valence-electron chi connectivity index (χ3n) is 5.24. The number of amidine groups is 1. The van der Waals surface area contributed by atoms with Crippen LogP contribution in [0.15, 0.2) is 52.4 Å². The van der Waals surface area contributed by atoms with Crippen molar-refractivity contribution in [1.29, 1.82) is 0 Å². The van der Waals surface area contributed by atoms with Crippen molar-refractivity contribution in [1.82, 2.24) is 10.0 Å². The molecule has 1 unspecified atom stereocenters. The highest BCUT2D eigenvalue weighted by Crippen LogP contribution is 2.29. The zero-order chi connectivity index (χ0) is 24.7. The molecular weight excluding hydrogens is 468 g/mol. The molecule has 1 heterocycles. The lowest BCUT2D eigenvalue weighted by molar-refractivity contribution is -0.122. The number of halogens is 2. The maximum absolute atomic E-state index is 12.9. The normalized spacial score (nSPS) is 16.1. The Morgan fingerprint density at radius 2 is 1.94 bits per heavy atom. The van der Waals surface area contributed by atoms with E-state index in [4.69, 9.17) is 4.74 Å². The van der Waals surface area contributed by atoms with Gasteiger partial charge in [-0.25, -0.2) is 8.42 Å². The molecule has 0 fully saturated rings. The van der Waals surface area contributed by atoms with E-state index in [2.05, 4.69) is 19.8 Å². The lowest BCUT2D eigenvalue weighted by Crippen LogP contribution is -2.36. The summed E-state index contributed by atoms with van der Waals surface area (Å²) < 4.78 is 61.9. The average Bonchev–Trinajstić information content (AvgIpc) is 3.06. The number of unbranched alkanes of at least 4 members (excludes halogenated alkanes) is 1. The molecule has 3 rings (SSSR count). The number of nitrogens with one attached hydrogen (secondary N) is 2. The maximum Gasteiger partial charge on any atom is 0.387 e. The number of nitrogens with zero attached hydrogens (tertiary/aromatic N) is 1. The second-order valence-corrected chi connectivity index (χ2v) is 9.29. The van der Waals surface area contributed by atoms with E-state index >= 15 is 0 Å². The van der Waals surface area contributed by atoms with Crippen LogP contribution in [0.5, 0.6) is 11.5 Å². The van der Waals surface area contributed by atoms with Gasteiger partial charge in [0.1, 0.15) is 11.9 Å². The van der Waals surface area contributed by atoms with E-state index < -0.39 is 22.7 Å². The molecule has 0 radical (unpaired) electrons. The summed E-state index contributed by atoms with van der Waals surface area (Å²) >= 11 is 0. The zero-order valence-electron chi connectivity index (χ0n) is 18.9. The van der Waals surface area contributed by atoms with Crippen molar-refractivity contribution < 1.29 is 31.5 Å². The first-order valence-corrected chi connectivity index (χ1v) is 12.3. The van der Waals surface area contributed by atoms with E-state index in [0.29, 0.717) is 24.0 Å². The number of carbonyl (C=O) groups is 1. The van der Waals surface area contributed by atoms with Crippen molar-refractivity contribution in [2.75, 3.05) is 13.7 Å². The Morgan fingerprint density at radius 3 is 2.65 bits per heavy atom. The second-order valence-electron chi connectivity index (χ2n) is 7.64. The Labute approximate surface area is 197 Å². The standard InChI is InChI=1S/C23H27F2N3O5S/c1-3-4-8-17(27-21-16-7-5-6-9-20(16)34(30,31)28-21)22(29)26-13-12-15-10-11-18(32-2)19(14-15)33-23(24)25/h5-7,9-11,14,17,23H,3-4,8,12-13H2,1-2H3,(H,26,29)(H,27,28). The Hall–Kier alpha value is -3.21. The van der Waals surface area contributed by atoms with Gasteiger partial charge in [-0.2, -0.15) is 8.78 Å². The van der Waals surface area contributed by atoms with Crippen LogP contribution in [0.1, 0.15) is 37.3 Å². The molecule has 8 nitrogen and oxygen atoms in total. The molecule has 184 valence electrons. The number of rotatable bonds is 11. The highest BCUT2D eigenvalue weighted by Gasteiger charge is 2.31. The van der Waals surface area contributed by atoms with Crippen LogP contribution in [0.3, 0.4) is 0 Å². The molecule has 1 aliphatic heterocycles. The number of methoxy groups -OCH3 is 1. The van der Waals surface area contributed by atoms with Gasteiger partial charge in [0.15, 0.2) is 11.5 Å². The predicted octanol–water partition coefficient (Wildman–Crippen LogP) is 3.25. The van der Waals surface area contributed by atoms with E-state index in [1.54, 1.807) is 24.3 Å². The van der Waals surface area contributed by atoms with Gasteiger partial charge < -0.3 is 14.8 Å². The third kappa shape index (κ3) is 6.22. The number of aliphatic imine (C=N–C) groups is 1. The Kier molecular flexibility index (Phi) is 8.43. The molecule has 1 atom stereocenters. The van der Waals surface area contributed by atoms with Gasteiger partial charge in [-0.05, 0) is 42.7 Å². The van der Waals surface area contributed by atoms with Crippen molar-refractivity contribution >= 4 is 21.8 Å². The number of ether oxygens (including phenoxy) is 2. The molecule has 1 aliphatic rings. The molecule has 0 saturated heterocycles. The van der Waals surface area contributed by atoms with Crippen LogP contribution in [-0.2, 0) is 21.2 Å². The summed E-state index contributed by atoms with van der Waals surface area (Å²) in [4.78, 5) is 17.4. The van der Waals surface area contributed by atoms with Gasteiger partial charge in [0.25, 0.3) is 10.0 Å². The minimum atomic E-state index is -3.71. The van der Waals surface area contributed by atoms with E-state index in [1.165, 1.54) is 25.3 Å². The van der Waals surface area contributed by atoms with E-state index in [-0.39, 0.29) is 34.7 Å². The fraction of sp³-hybridized carbons (Fsp3) is 0.391. The van der Waals surface area contributed by atoms with Crippen molar-refractivity contribution in [2.24, 2.45) is 4.99 Å². The van der Waals surface area contributed by atoms with Crippen LogP contribution in [0.25, 0.3) is 0 Å². The van der Waals surface area contributed by atoms with Gasteiger partial charge in [0, 0.05) is 12.1 Å². The number of carbonyl (C=O) groups excluding carboxylic acids is 1. The Bertz CT molecular complexity index is 1160. The smallest absolute Gasteiger partial charge is 0.387 e. The number of hydrogen-bond acceptors (Lipinski definition) is 6. The molecule has 2 N–H and O–H groups in total. The summed E-state index contributed by atoms with van der Waals surface area (Å²) in [6, 6.07) is 10.3. The first-order valence-electron chi connectivity index (χ1n) is 10.8. The summed E-state index contributed by atoms with van der Waals surface area (Å²) in [6.45, 7) is -0.770. The van der Waals surface area contributed by atoms with Gasteiger partial charge >= 0.3 is 6.61 Å². The molecule has 2 aromatic carbocycles. The molecule has 0 aliphatic carbocycles. The maximum atomic E-state index is 12.9. The quantitative estimate of drug-likeness (QED) is 0.498. The van der Waals surface area contributed by atoms with Gasteiger partial charge in [-0.1, -0.05) is 38.0 Å². The zero-order valence-corrected chi connectivity index (χ0v) is 19.7. The highest BCUT2D eigenvalue weighted by molar-refractivity contribution is 7.90. The van der Waals surface area contributed by atoms with Crippen molar-refractivity contribution in [3.63, 3.8) is 0 Å². The van der Waals surface area contributed by atoms with Crippen LogP contribution in [0.4, 0.5) is 8.78 Å². The third-order valence-corrected chi connectivity index (χ3v) is 6.64. The Balaban J connectivity index is 1.70. The van der Waals surface area contributed by atoms with Gasteiger partial charge in [-0.3, -0.25) is 14.5 Å². The average molecular weight is 496 g/mol. The number of fused-ring (bicyclic) bond motifs is 1. The van der Waals surface area contributed by atoms with E-state index in [0.717, 1.165) is 12.8 Å². The van der Waals surface area contributed by atoms with Crippen molar-refractivity contribution in [3.05, 3.63) is 53.6 Å². The Morgan fingerprint density at radius 1 is 1.18 bits per heavy atom. The number of amides is 1. The molecule has 0 bridgehead atoms. The van der Waals surface area contributed by atoms with Gasteiger partial charge in [0.05, 0.1) is 12.0 Å². The van der Waals surface area contributed by atoms with Crippen LogP contribution in [-0.4, -0.2) is 46.5 Å². The van der Waals surface area contributed by atoms with Crippen LogP contribution in [0, 0.1) is 0 Å². The summed E-state index contributed by atoms with van der Waals surface area (Å²) in [5.41, 5.74) is 1.10. The SMILES string of the molecule is CCCCC(N=C1NS(=O)(=O)c2ccccc21)C(=O)NCCc1ccc(OC)c(OC(F)F)c1. The van der Waals surface area contributed by atoms with E-state index in [9.17, 15) is 22.0 Å². The van der Waals surface area contributed by atoms with Crippen LogP contribution >= 0.6 is 0 Å². The highest BCUT2D eigenvalue weighted by atomic mass is 32.2. The van der Waals surface area contributed by atoms with Crippen LogP contribution in [0.2, 0.25) is 0 Å². The fourth-order valence-electron chi connectivity index (χ4n) is 3.55. The molecule has 0 spiro atoms. The summed E-state index contributed by atoms with van der Waals surface area (Å²) in [6.07, 6.45) is 2.39. The van der Waals surface area contributed by atoms with Crippen molar-refractivity contribution in [3.8, 4) is 11.5 Å². The summed E-state index contributed by atoms with van der Waals surface area (Å²) in [5, 5.41) is 2.80. The minimum absolute atomic E-state index is 0.0827. The van der Waals surface area contributed by atoms with Crippen molar-refractivity contribution in [2.45, 2.75) is 50.2 Å². The largest absolute Gasteiger partial charge is 0.493 e. The molecule has 11 heteroatoms. The molecule has 0 saturated carbocycles. The van der Waals surface area contributed by atoms with Crippen LogP contribution < -0.4 is 19.5 Å². The monoisotopic (exact) mass is 495 g/mol. The first-order chi connectivity index (χ1) is 16.2. The number of hydrogen-bond donors (Lipinski definition) is 2. The molecule has 34 heavy (non-hydrogen) atoms. The lowest BCUT2D eigenvalue weighted by Gasteiger charge is -2.15. The van der Waals surface area contributed by atoms with E-state index in [1.807, 2.05) is 6.92 Å². The topological polar surface area (TPSA) is 106 Å². The van der Waals surface area contributed by atoms with Gasteiger partial charge in [0.2, 0.25) is 5.91 Å². The summed E-state index contributed by atoms with van der Waals surface area (Å²) in [5.74, 6) is -0.0959.